The summed E-state index contributed by atoms with van der Waals surface area (Å²) >= 11 is 3.05. The minimum Gasteiger partial charge on any atom is -0.397 e. The molecule has 86 valence electrons. The minimum absolute atomic E-state index is 0.00587. The van der Waals surface area contributed by atoms with Crippen molar-refractivity contribution in [1.82, 2.24) is 5.32 Å². The number of rotatable bonds is 2. The number of amides is 1. The first-order chi connectivity index (χ1) is 7.56. The van der Waals surface area contributed by atoms with Crippen molar-refractivity contribution in [2.24, 2.45) is 0 Å². The van der Waals surface area contributed by atoms with Crippen LogP contribution in [0.2, 0.25) is 0 Å². The Balaban J connectivity index is 2.15. The number of nitrogens with two attached hydrogens (primary N) is 1. The zero-order chi connectivity index (χ0) is 11.7. The molecule has 1 heterocycles. The van der Waals surface area contributed by atoms with Gasteiger partial charge < -0.3 is 16.4 Å². The second kappa shape index (κ2) is 4.29. The van der Waals surface area contributed by atoms with Crippen molar-refractivity contribution >= 4 is 33.2 Å². The molecule has 1 unspecified atom stereocenters. The molecule has 1 amide bonds. The third kappa shape index (κ3) is 2.27. The molecular weight excluding hydrogens is 277 g/mol. The average molecular weight is 288 g/mol. The van der Waals surface area contributed by atoms with Gasteiger partial charge in [0.15, 0.2) is 0 Å². The van der Waals surface area contributed by atoms with E-state index in [0.717, 1.165) is 0 Å². The SMILES string of the molecule is Nc1cc(Br)c(F)cc1NC1CNC(=O)C1. The van der Waals surface area contributed by atoms with E-state index in [-0.39, 0.29) is 17.8 Å². The summed E-state index contributed by atoms with van der Waals surface area (Å²) in [5.41, 5.74) is 6.71. The Morgan fingerprint density at radius 2 is 2.31 bits per heavy atom. The van der Waals surface area contributed by atoms with Gasteiger partial charge >= 0.3 is 0 Å². The molecule has 0 spiro atoms. The number of carbonyl (C=O) groups is 1. The summed E-state index contributed by atoms with van der Waals surface area (Å²) in [6.45, 7) is 0.538. The summed E-state index contributed by atoms with van der Waals surface area (Å²) in [6.07, 6.45) is 0.386. The first-order valence-electron chi connectivity index (χ1n) is 4.84. The highest BCUT2D eigenvalue weighted by molar-refractivity contribution is 9.10. The van der Waals surface area contributed by atoms with Crippen molar-refractivity contribution in [3.05, 3.63) is 22.4 Å². The van der Waals surface area contributed by atoms with E-state index in [4.69, 9.17) is 5.73 Å². The van der Waals surface area contributed by atoms with Crippen LogP contribution in [-0.4, -0.2) is 18.5 Å². The number of hydrogen-bond acceptors (Lipinski definition) is 3. The van der Waals surface area contributed by atoms with Gasteiger partial charge in [0.25, 0.3) is 0 Å². The molecule has 16 heavy (non-hydrogen) atoms. The molecule has 1 aromatic rings. The fourth-order valence-corrected chi connectivity index (χ4v) is 1.98. The summed E-state index contributed by atoms with van der Waals surface area (Å²) < 4.78 is 13.6. The number of halogens is 2. The molecule has 6 heteroatoms. The lowest BCUT2D eigenvalue weighted by atomic mass is 10.2. The van der Waals surface area contributed by atoms with Crippen molar-refractivity contribution in [2.45, 2.75) is 12.5 Å². The van der Waals surface area contributed by atoms with Crippen molar-refractivity contribution in [3.63, 3.8) is 0 Å². The highest BCUT2D eigenvalue weighted by Crippen LogP contribution is 2.27. The maximum atomic E-state index is 13.3. The van der Waals surface area contributed by atoms with Crippen molar-refractivity contribution in [3.8, 4) is 0 Å². The highest BCUT2D eigenvalue weighted by Gasteiger charge is 2.21. The van der Waals surface area contributed by atoms with E-state index < -0.39 is 0 Å². The molecule has 1 aromatic carbocycles. The standard InChI is InChI=1S/C10H11BrFN3O/c11-6-2-8(13)9(3-7(6)12)15-5-1-10(16)14-4-5/h2-3,5,15H,1,4,13H2,(H,14,16). The van der Waals surface area contributed by atoms with Gasteiger partial charge in [-0.3, -0.25) is 4.79 Å². The van der Waals surface area contributed by atoms with Gasteiger partial charge in [-0.1, -0.05) is 0 Å². The van der Waals surface area contributed by atoms with Gasteiger partial charge in [-0.05, 0) is 22.0 Å². The number of anilines is 2. The smallest absolute Gasteiger partial charge is 0.222 e. The highest BCUT2D eigenvalue weighted by atomic mass is 79.9. The first-order valence-corrected chi connectivity index (χ1v) is 5.63. The second-order valence-corrected chi connectivity index (χ2v) is 4.56. The van der Waals surface area contributed by atoms with Crippen LogP contribution in [0.3, 0.4) is 0 Å². The Kier molecular flexibility index (Phi) is 3.00. The quantitative estimate of drug-likeness (QED) is 0.722. The lowest BCUT2D eigenvalue weighted by Gasteiger charge is -2.14. The molecule has 4 N–H and O–H groups in total. The number of nitrogen functional groups attached to an aromatic ring is 1. The van der Waals surface area contributed by atoms with Crippen LogP contribution in [0, 0.1) is 5.82 Å². The molecule has 0 radical (unpaired) electrons. The predicted molar refractivity (Wildman–Crippen MR) is 63.5 cm³/mol. The van der Waals surface area contributed by atoms with Gasteiger partial charge in [-0.25, -0.2) is 4.39 Å². The zero-order valence-corrected chi connectivity index (χ0v) is 9.97. The summed E-state index contributed by atoms with van der Waals surface area (Å²) in [7, 11) is 0. The van der Waals surface area contributed by atoms with E-state index in [1.54, 1.807) is 0 Å². The zero-order valence-electron chi connectivity index (χ0n) is 8.39. The molecule has 1 saturated heterocycles. The van der Waals surface area contributed by atoms with E-state index >= 15 is 0 Å². The molecule has 1 fully saturated rings. The molecule has 0 aromatic heterocycles. The topological polar surface area (TPSA) is 67.2 Å². The molecule has 0 saturated carbocycles. The Morgan fingerprint density at radius 3 is 2.94 bits per heavy atom. The Bertz CT molecular complexity index is 438. The van der Waals surface area contributed by atoms with Gasteiger partial charge in [0.1, 0.15) is 5.82 Å². The van der Waals surface area contributed by atoms with Crippen molar-refractivity contribution in [1.29, 1.82) is 0 Å². The van der Waals surface area contributed by atoms with Crippen LogP contribution in [0.25, 0.3) is 0 Å². The molecule has 1 aliphatic rings. The maximum Gasteiger partial charge on any atom is 0.222 e. The predicted octanol–water partition coefficient (Wildman–Crippen LogP) is 1.47. The molecule has 1 aliphatic heterocycles. The molecule has 4 nitrogen and oxygen atoms in total. The molecule has 2 rings (SSSR count). The lowest BCUT2D eigenvalue weighted by molar-refractivity contribution is -0.119. The van der Waals surface area contributed by atoms with Crippen LogP contribution >= 0.6 is 15.9 Å². The summed E-state index contributed by atoms with van der Waals surface area (Å²) in [5.74, 6) is -0.386. The molecular formula is C10H11BrFN3O. The number of benzene rings is 1. The van der Waals surface area contributed by atoms with E-state index in [2.05, 4.69) is 26.6 Å². The third-order valence-electron chi connectivity index (χ3n) is 2.43. The Morgan fingerprint density at radius 1 is 1.56 bits per heavy atom. The van der Waals surface area contributed by atoms with Crippen molar-refractivity contribution in [2.75, 3.05) is 17.6 Å². The Labute approximate surface area is 101 Å². The number of hydrogen-bond donors (Lipinski definition) is 3. The van der Waals surface area contributed by atoms with Crippen LogP contribution in [0.1, 0.15) is 6.42 Å². The van der Waals surface area contributed by atoms with Crippen LogP contribution in [-0.2, 0) is 4.79 Å². The molecule has 1 atom stereocenters. The largest absolute Gasteiger partial charge is 0.397 e. The van der Waals surface area contributed by atoms with E-state index in [0.29, 0.717) is 28.8 Å². The third-order valence-corrected chi connectivity index (χ3v) is 3.04. The van der Waals surface area contributed by atoms with Gasteiger partial charge in [0.05, 0.1) is 21.9 Å². The fourth-order valence-electron chi connectivity index (χ4n) is 1.61. The van der Waals surface area contributed by atoms with Crippen LogP contribution in [0.5, 0.6) is 0 Å². The molecule has 0 aliphatic carbocycles. The lowest BCUT2D eigenvalue weighted by Crippen LogP contribution is -2.22. The van der Waals surface area contributed by atoms with Gasteiger partial charge in [0.2, 0.25) is 5.91 Å². The van der Waals surface area contributed by atoms with Crippen LogP contribution in [0.15, 0.2) is 16.6 Å². The summed E-state index contributed by atoms with van der Waals surface area (Å²) in [4.78, 5) is 11.0. The molecule has 0 bridgehead atoms. The van der Waals surface area contributed by atoms with Crippen LogP contribution in [0.4, 0.5) is 15.8 Å². The van der Waals surface area contributed by atoms with Gasteiger partial charge in [-0.2, -0.15) is 0 Å². The van der Waals surface area contributed by atoms with E-state index in [1.165, 1.54) is 12.1 Å². The van der Waals surface area contributed by atoms with E-state index in [9.17, 15) is 9.18 Å². The normalized spacial score (nSPS) is 19.6. The van der Waals surface area contributed by atoms with Crippen molar-refractivity contribution < 1.29 is 9.18 Å². The summed E-state index contributed by atoms with van der Waals surface area (Å²) in [5, 5.41) is 5.73. The van der Waals surface area contributed by atoms with Crippen LogP contribution < -0.4 is 16.4 Å². The average Bonchev–Trinajstić information content (AvgIpc) is 2.60. The number of carbonyl (C=O) groups excluding carboxylic acids is 1. The van der Waals surface area contributed by atoms with Gasteiger partial charge in [0, 0.05) is 19.0 Å². The fraction of sp³-hybridized carbons (Fsp3) is 0.300. The summed E-state index contributed by atoms with van der Waals surface area (Å²) in [6, 6.07) is 2.79. The number of nitrogens with one attached hydrogen (secondary N) is 2. The monoisotopic (exact) mass is 287 g/mol. The minimum atomic E-state index is -0.381. The first kappa shape index (κ1) is 11.2. The second-order valence-electron chi connectivity index (χ2n) is 3.70. The maximum absolute atomic E-state index is 13.3. The van der Waals surface area contributed by atoms with Gasteiger partial charge in [-0.15, -0.1) is 0 Å². The van der Waals surface area contributed by atoms with E-state index in [1.807, 2.05) is 0 Å². The Hall–Kier alpha value is -1.30.